The second-order valence-electron chi connectivity index (χ2n) is 6.89. The summed E-state index contributed by atoms with van der Waals surface area (Å²) in [5.41, 5.74) is 9.81. The number of nitrogens with two attached hydrogens (primary N) is 1. The molecule has 3 aromatic rings. The molecule has 0 aliphatic carbocycles. The number of nitrogens with zero attached hydrogens (tertiary/aromatic N) is 2. The highest BCUT2D eigenvalue weighted by molar-refractivity contribution is 5.90. The Bertz CT molecular complexity index is 1090. The standard InChI is InChI=1S/C24H23N3O/c1-3-27(4-2)18-12-9-17(10-13-18)22-20-14-11-16-7-5-6-8-19(16)23(20)28-24(26)21(22)15-25/h5-14,22H,3-4,26H2,1-2H3/t22-/m0/s1. The number of nitriles is 1. The average Bonchev–Trinajstić information content (AvgIpc) is 2.74. The first kappa shape index (κ1) is 17.9. The van der Waals surface area contributed by atoms with Gasteiger partial charge in [-0.3, -0.25) is 0 Å². The number of anilines is 1. The summed E-state index contributed by atoms with van der Waals surface area (Å²) in [4.78, 5) is 2.30. The Morgan fingerprint density at radius 3 is 2.39 bits per heavy atom. The SMILES string of the molecule is CCN(CC)c1ccc([C@@H]2C(C#N)=C(N)Oc3c2ccc2ccccc32)cc1. The molecule has 0 radical (unpaired) electrons. The van der Waals surface area contributed by atoms with E-state index in [0.717, 1.165) is 40.7 Å². The van der Waals surface area contributed by atoms with Crippen molar-refractivity contribution < 1.29 is 4.74 Å². The Hall–Kier alpha value is -3.45. The van der Waals surface area contributed by atoms with E-state index in [-0.39, 0.29) is 11.8 Å². The van der Waals surface area contributed by atoms with Crippen LogP contribution in [0, 0.1) is 11.3 Å². The Morgan fingerprint density at radius 2 is 1.71 bits per heavy atom. The van der Waals surface area contributed by atoms with Crippen LogP contribution in [0.15, 0.2) is 72.1 Å². The van der Waals surface area contributed by atoms with Gasteiger partial charge in [-0.25, -0.2) is 0 Å². The number of hydrogen-bond acceptors (Lipinski definition) is 4. The molecule has 0 fully saturated rings. The van der Waals surface area contributed by atoms with Crippen molar-refractivity contribution in [3.05, 3.63) is 83.2 Å². The van der Waals surface area contributed by atoms with E-state index in [1.165, 1.54) is 5.69 Å². The third-order valence-electron chi connectivity index (χ3n) is 5.46. The van der Waals surface area contributed by atoms with Crippen LogP contribution in [0.3, 0.4) is 0 Å². The Morgan fingerprint density at radius 1 is 1.00 bits per heavy atom. The molecule has 0 aromatic heterocycles. The largest absolute Gasteiger partial charge is 0.440 e. The molecular weight excluding hydrogens is 346 g/mol. The summed E-state index contributed by atoms with van der Waals surface area (Å²) < 4.78 is 5.92. The van der Waals surface area contributed by atoms with Crippen LogP contribution in [0.5, 0.6) is 5.75 Å². The molecule has 28 heavy (non-hydrogen) atoms. The topological polar surface area (TPSA) is 62.3 Å². The summed E-state index contributed by atoms with van der Waals surface area (Å²) in [6, 6.07) is 22.9. The van der Waals surface area contributed by atoms with E-state index in [9.17, 15) is 5.26 Å². The van der Waals surface area contributed by atoms with Crippen LogP contribution in [0.25, 0.3) is 10.8 Å². The van der Waals surface area contributed by atoms with E-state index in [1.54, 1.807) is 0 Å². The monoisotopic (exact) mass is 369 g/mol. The summed E-state index contributed by atoms with van der Waals surface area (Å²) in [5, 5.41) is 11.9. The molecule has 4 rings (SSSR count). The van der Waals surface area contributed by atoms with E-state index in [2.05, 4.69) is 55.1 Å². The molecule has 0 bridgehead atoms. The van der Waals surface area contributed by atoms with E-state index in [4.69, 9.17) is 10.5 Å². The minimum Gasteiger partial charge on any atom is -0.440 e. The molecule has 3 aromatic carbocycles. The number of ether oxygens (including phenoxy) is 1. The van der Waals surface area contributed by atoms with E-state index in [1.807, 2.05) is 30.3 Å². The molecule has 1 atom stereocenters. The van der Waals surface area contributed by atoms with Crippen molar-refractivity contribution in [2.24, 2.45) is 5.73 Å². The van der Waals surface area contributed by atoms with Crippen molar-refractivity contribution in [1.82, 2.24) is 0 Å². The normalized spacial score (nSPS) is 15.7. The highest BCUT2D eigenvalue weighted by Gasteiger charge is 2.31. The predicted octanol–water partition coefficient (Wildman–Crippen LogP) is 4.90. The van der Waals surface area contributed by atoms with Gasteiger partial charge in [0.25, 0.3) is 0 Å². The zero-order valence-corrected chi connectivity index (χ0v) is 16.1. The number of benzene rings is 3. The maximum atomic E-state index is 9.77. The quantitative estimate of drug-likeness (QED) is 0.710. The van der Waals surface area contributed by atoms with Crippen molar-refractivity contribution in [1.29, 1.82) is 5.26 Å². The lowest BCUT2D eigenvalue weighted by atomic mass is 9.82. The van der Waals surface area contributed by atoms with Gasteiger partial charge in [0.15, 0.2) is 0 Å². The summed E-state index contributed by atoms with van der Waals surface area (Å²) in [6.07, 6.45) is 0. The van der Waals surface area contributed by atoms with Crippen LogP contribution in [-0.4, -0.2) is 13.1 Å². The zero-order valence-electron chi connectivity index (χ0n) is 16.1. The van der Waals surface area contributed by atoms with Gasteiger partial charge in [0, 0.05) is 29.7 Å². The van der Waals surface area contributed by atoms with Crippen molar-refractivity contribution in [2.75, 3.05) is 18.0 Å². The molecule has 4 heteroatoms. The molecule has 1 heterocycles. The molecular formula is C24H23N3O. The second-order valence-corrected chi connectivity index (χ2v) is 6.89. The van der Waals surface area contributed by atoms with Crippen LogP contribution < -0.4 is 15.4 Å². The van der Waals surface area contributed by atoms with Gasteiger partial charge in [-0.15, -0.1) is 0 Å². The summed E-state index contributed by atoms with van der Waals surface area (Å²) in [6.45, 7) is 6.21. The maximum Gasteiger partial charge on any atom is 0.205 e. The minimum atomic E-state index is -0.232. The molecule has 0 spiro atoms. The van der Waals surface area contributed by atoms with Crippen LogP contribution in [0.4, 0.5) is 5.69 Å². The number of hydrogen-bond donors (Lipinski definition) is 1. The molecule has 1 aliphatic heterocycles. The van der Waals surface area contributed by atoms with Crippen LogP contribution >= 0.6 is 0 Å². The molecule has 4 nitrogen and oxygen atoms in total. The number of allylic oxidation sites excluding steroid dienone is 1. The van der Waals surface area contributed by atoms with Crippen molar-refractivity contribution in [3.63, 3.8) is 0 Å². The first-order valence-electron chi connectivity index (χ1n) is 9.62. The molecule has 140 valence electrons. The fourth-order valence-corrected chi connectivity index (χ4v) is 4.00. The fraction of sp³-hybridized carbons (Fsp3) is 0.208. The van der Waals surface area contributed by atoms with E-state index < -0.39 is 0 Å². The summed E-state index contributed by atoms with van der Waals surface area (Å²) >= 11 is 0. The Kier molecular flexibility index (Phi) is 4.67. The van der Waals surface area contributed by atoms with Gasteiger partial charge in [0.1, 0.15) is 17.4 Å². The molecule has 0 saturated carbocycles. The van der Waals surface area contributed by atoms with Gasteiger partial charge in [-0.05, 0) is 36.9 Å². The van der Waals surface area contributed by atoms with Gasteiger partial charge >= 0.3 is 0 Å². The van der Waals surface area contributed by atoms with Gasteiger partial charge in [0.05, 0.1) is 5.92 Å². The maximum absolute atomic E-state index is 9.77. The van der Waals surface area contributed by atoms with Crippen molar-refractivity contribution >= 4 is 16.5 Å². The molecule has 0 unspecified atom stereocenters. The Balaban J connectivity index is 1.86. The summed E-state index contributed by atoms with van der Waals surface area (Å²) in [7, 11) is 0. The first-order valence-corrected chi connectivity index (χ1v) is 9.62. The number of fused-ring (bicyclic) bond motifs is 3. The van der Waals surface area contributed by atoms with E-state index in [0.29, 0.717) is 5.57 Å². The minimum absolute atomic E-state index is 0.184. The highest BCUT2D eigenvalue weighted by atomic mass is 16.5. The lowest BCUT2D eigenvalue weighted by Crippen LogP contribution is -2.22. The lowest BCUT2D eigenvalue weighted by molar-refractivity contribution is 0.398. The third-order valence-corrected chi connectivity index (χ3v) is 5.46. The summed E-state index contributed by atoms with van der Waals surface area (Å²) in [5.74, 6) is 0.695. The smallest absolute Gasteiger partial charge is 0.205 e. The van der Waals surface area contributed by atoms with Crippen molar-refractivity contribution in [2.45, 2.75) is 19.8 Å². The van der Waals surface area contributed by atoms with Gasteiger partial charge in [-0.1, -0.05) is 48.5 Å². The fourth-order valence-electron chi connectivity index (χ4n) is 4.00. The highest BCUT2D eigenvalue weighted by Crippen LogP contribution is 2.45. The van der Waals surface area contributed by atoms with Crippen LogP contribution in [0.1, 0.15) is 30.9 Å². The van der Waals surface area contributed by atoms with Gasteiger partial charge in [-0.2, -0.15) is 5.26 Å². The zero-order chi connectivity index (χ0) is 19.7. The van der Waals surface area contributed by atoms with E-state index >= 15 is 0 Å². The lowest BCUT2D eigenvalue weighted by Gasteiger charge is -2.28. The average molecular weight is 369 g/mol. The van der Waals surface area contributed by atoms with Gasteiger partial charge < -0.3 is 15.4 Å². The van der Waals surface area contributed by atoms with Gasteiger partial charge in [0.2, 0.25) is 5.88 Å². The second kappa shape index (κ2) is 7.28. The van der Waals surface area contributed by atoms with Crippen molar-refractivity contribution in [3.8, 4) is 11.8 Å². The first-order chi connectivity index (χ1) is 13.7. The molecule has 2 N–H and O–H groups in total. The van der Waals surface area contributed by atoms with Crippen LogP contribution in [-0.2, 0) is 0 Å². The predicted molar refractivity (Wildman–Crippen MR) is 113 cm³/mol. The molecule has 1 aliphatic rings. The third kappa shape index (κ3) is 2.86. The molecule has 0 amide bonds. The number of rotatable bonds is 4. The van der Waals surface area contributed by atoms with Crippen LogP contribution in [0.2, 0.25) is 0 Å². The molecule has 0 saturated heterocycles. The Labute approximate surface area is 165 Å².